The number of nitrogens with one attached hydrogen (secondary N) is 1. The zero-order valence-corrected chi connectivity index (χ0v) is 11.6. The molecule has 1 N–H and O–H groups in total. The number of hydrogen-bond donors (Lipinski definition) is 1. The lowest BCUT2D eigenvalue weighted by Gasteiger charge is -2.16. The monoisotopic (exact) mass is 279 g/mol. The van der Waals surface area contributed by atoms with Crippen LogP contribution in [-0.2, 0) is 20.7 Å². The van der Waals surface area contributed by atoms with E-state index in [0.29, 0.717) is 17.6 Å². The minimum Gasteiger partial charge on any atom is -0.496 e. The van der Waals surface area contributed by atoms with Gasteiger partial charge in [0.15, 0.2) is 6.29 Å². The molecule has 1 aromatic carbocycles. The van der Waals surface area contributed by atoms with Crippen molar-refractivity contribution >= 4 is 18.2 Å². The molecule has 0 aromatic heterocycles. The number of aldehydes is 1. The molecule has 1 unspecified atom stereocenters. The molecule has 20 heavy (non-hydrogen) atoms. The van der Waals surface area contributed by atoms with E-state index >= 15 is 0 Å². The smallest absolute Gasteiger partial charge is 0.328 e. The first kappa shape index (κ1) is 15.7. The lowest BCUT2D eigenvalue weighted by atomic mass is 10.0. The molecule has 1 rings (SSSR count). The number of carbonyl (C=O) groups is 3. The summed E-state index contributed by atoms with van der Waals surface area (Å²) in [6.07, 6.45) is 0.908. The molecule has 0 heterocycles. The largest absolute Gasteiger partial charge is 0.496 e. The Morgan fingerprint density at radius 3 is 2.55 bits per heavy atom. The Morgan fingerprint density at radius 2 is 2.05 bits per heavy atom. The Balaban J connectivity index is 2.95. The molecule has 0 radical (unpaired) electrons. The highest BCUT2D eigenvalue weighted by molar-refractivity contribution is 5.84. The van der Waals surface area contributed by atoms with Crippen molar-refractivity contribution in [2.75, 3.05) is 14.2 Å². The minimum atomic E-state index is -0.787. The molecule has 6 nitrogen and oxygen atoms in total. The van der Waals surface area contributed by atoms with Crippen molar-refractivity contribution < 1.29 is 23.9 Å². The Kier molecular flexibility index (Phi) is 5.71. The van der Waals surface area contributed by atoms with Crippen LogP contribution in [0.1, 0.15) is 22.8 Å². The normalized spacial score (nSPS) is 11.3. The van der Waals surface area contributed by atoms with Crippen molar-refractivity contribution in [3.63, 3.8) is 0 Å². The van der Waals surface area contributed by atoms with Crippen LogP contribution < -0.4 is 10.1 Å². The summed E-state index contributed by atoms with van der Waals surface area (Å²) in [6, 6.07) is 4.19. The molecule has 0 saturated carbocycles. The van der Waals surface area contributed by atoms with Gasteiger partial charge < -0.3 is 14.8 Å². The van der Waals surface area contributed by atoms with E-state index in [1.165, 1.54) is 21.1 Å². The van der Waals surface area contributed by atoms with Crippen molar-refractivity contribution in [2.45, 2.75) is 19.4 Å². The molecule has 108 valence electrons. The third kappa shape index (κ3) is 4.08. The summed E-state index contributed by atoms with van der Waals surface area (Å²) in [5, 5.41) is 2.51. The maximum absolute atomic E-state index is 11.6. The lowest BCUT2D eigenvalue weighted by Crippen LogP contribution is -2.42. The molecule has 0 aliphatic heterocycles. The molecule has 0 bridgehead atoms. The van der Waals surface area contributed by atoms with Gasteiger partial charge in [0.25, 0.3) is 0 Å². The maximum atomic E-state index is 11.6. The number of esters is 1. The van der Waals surface area contributed by atoms with Gasteiger partial charge in [-0.05, 0) is 17.7 Å². The van der Waals surface area contributed by atoms with Gasteiger partial charge in [-0.1, -0.05) is 6.07 Å². The standard InChI is InChI=1S/C14H17NO5/c1-9(17)15-12(14(18)20-3)7-10-4-5-13(19-2)11(6-10)8-16/h4-6,8,12H,7H2,1-3H3,(H,15,17). The average Bonchev–Trinajstić information content (AvgIpc) is 2.45. The summed E-state index contributed by atoms with van der Waals surface area (Å²) < 4.78 is 9.68. The first-order valence-corrected chi connectivity index (χ1v) is 5.98. The van der Waals surface area contributed by atoms with Crippen LogP contribution in [0.2, 0.25) is 0 Å². The lowest BCUT2D eigenvalue weighted by molar-refractivity contribution is -0.144. The highest BCUT2D eigenvalue weighted by Gasteiger charge is 2.21. The summed E-state index contributed by atoms with van der Waals surface area (Å²) in [6.45, 7) is 1.32. The van der Waals surface area contributed by atoms with Crippen molar-refractivity contribution in [1.29, 1.82) is 0 Å². The van der Waals surface area contributed by atoms with Crippen LogP contribution in [0.25, 0.3) is 0 Å². The van der Waals surface area contributed by atoms with Gasteiger partial charge in [-0.15, -0.1) is 0 Å². The summed E-state index contributed by atoms with van der Waals surface area (Å²) in [5.74, 6) is -0.411. The topological polar surface area (TPSA) is 81.7 Å². The van der Waals surface area contributed by atoms with Crippen molar-refractivity contribution in [3.05, 3.63) is 29.3 Å². The van der Waals surface area contributed by atoms with E-state index in [4.69, 9.17) is 4.74 Å². The van der Waals surface area contributed by atoms with Crippen molar-refractivity contribution in [2.24, 2.45) is 0 Å². The minimum absolute atomic E-state index is 0.233. The predicted octanol–water partition coefficient (Wildman–Crippen LogP) is 0.728. The SMILES string of the molecule is COC(=O)C(Cc1ccc(OC)c(C=O)c1)NC(C)=O. The van der Waals surface area contributed by atoms with Gasteiger partial charge in [-0.2, -0.15) is 0 Å². The second-order valence-corrected chi connectivity index (χ2v) is 4.17. The van der Waals surface area contributed by atoms with Gasteiger partial charge in [0.1, 0.15) is 11.8 Å². The first-order valence-electron chi connectivity index (χ1n) is 5.98. The van der Waals surface area contributed by atoms with Crippen molar-refractivity contribution in [1.82, 2.24) is 5.32 Å². The highest BCUT2D eigenvalue weighted by atomic mass is 16.5. The van der Waals surface area contributed by atoms with Crippen molar-refractivity contribution in [3.8, 4) is 5.75 Å². The van der Waals surface area contributed by atoms with E-state index in [1.807, 2.05) is 0 Å². The van der Waals surface area contributed by atoms with E-state index in [1.54, 1.807) is 18.2 Å². The fourth-order valence-corrected chi connectivity index (χ4v) is 1.82. The van der Waals surface area contributed by atoms with E-state index in [-0.39, 0.29) is 12.3 Å². The molecule has 0 spiro atoms. The Labute approximate surface area is 117 Å². The molecule has 0 saturated heterocycles. The van der Waals surface area contributed by atoms with E-state index in [9.17, 15) is 14.4 Å². The fourth-order valence-electron chi connectivity index (χ4n) is 1.82. The molecule has 6 heteroatoms. The molecule has 1 amide bonds. The van der Waals surface area contributed by atoms with E-state index in [0.717, 1.165) is 5.56 Å². The van der Waals surface area contributed by atoms with Gasteiger partial charge >= 0.3 is 5.97 Å². The van der Waals surface area contributed by atoms with Crippen LogP contribution in [0.3, 0.4) is 0 Å². The molecule has 0 fully saturated rings. The number of carbonyl (C=O) groups excluding carboxylic acids is 3. The van der Waals surface area contributed by atoms with Gasteiger partial charge in [-0.3, -0.25) is 9.59 Å². The Hall–Kier alpha value is -2.37. The molecular formula is C14H17NO5. The number of amides is 1. The number of hydrogen-bond acceptors (Lipinski definition) is 5. The zero-order valence-electron chi connectivity index (χ0n) is 11.6. The number of methoxy groups -OCH3 is 2. The zero-order chi connectivity index (χ0) is 15.1. The van der Waals surface area contributed by atoms with Crippen LogP contribution >= 0.6 is 0 Å². The van der Waals surface area contributed by atoms with Crippen LogP contribution in [-0.4, -0.2) is 38.4 Å². The average molecular weight is 279 g/mol. The maximum Gasteiger partial charge on any atom is 0.328 e. The number of ether oxygens (including phenoxy) is 2. The third-order valence-electron chi connectivity index (χ3n) is 2.72. The quantitative estimate of drug-likeness (QED) is 0.613. The summed E-state index contributed by atoms with van der Waals surface area (Å²) in [4.78, 5) is 33.6. The van der Waals surface area contributed by atoms with Crippen LogP contribution in [0.5, 0.6) is 5.75 Å². The van der Waals surface area contributed by atoms with Gasteiger partial charge in [0.2, 0.25) is 5.91 Å². The first-order chi connectivity index (χ1) is 9.51. The van der Waals surface area contributed by atoms with E-state index < -0.39 is 12.0 Å². The number of benzene rings is 1. The second kappa shape index (κ2) is 7.28. The summed E-state index contributed by atoms with van der Waals surface area (Å²) in [7, 11) is 2.72. The molecular weight excluding hydrogens is 262 g/mol. The van der Waals surface area contributed by atoms with Gasteiger partial charge in [0.05, 0.1) is 19.8 Å². The second-order valence-electron chi connectivity index (χ2n) is 4.17. The predicted molar refractivity (Wildman–Crippen MR) is 71.7 cm³/mol. The van der Waals surface area contributed by atoms with Crippen LogP contribution in [0.15, 0.2) is 18.2 Å². The van der Waals surface area contributed by atoms with E-state index in [2.05, 4.69) is 10.1 Å². The number of rotatable bonds is 6. The summed E-state index contributed by atoms with van der Waals surface area (Å²) >= 11 is 0. The molecule has 1 aromatic rings. The molecule has 0 aliphatic carbocycles. The van der Waals surface area contributed by atoms with Gasteiger partial charge in [-0.25, -0.2) is 4.79 Å². The highest BCUT2D eigenvalue weighted by Crippen LogP contribution is 2.19. The third-order valence-corrected chi connectivity index (χ3v) is 2.72. The Morgan fingerprint density at radius 1 is 1.35 bits per heavy atom. The van der Waals surface area contributed by atoms with Crippen LogP contribution in [0.4, 0.5) is 0 Å². The van der Waals surface area contributed by atoms with Crippen LogP contribution in [0, 0.1) is 0 Å². The Bertz CT molecular complexity index is 512. The van der Waals surface area contributed by atoms with Gasteiger partial charge in [0, 0.05) is 13.3 Å². The fraction of sp³-hybridized carbons (Fsp3) is 0.357. The molecule has 1 atom stereocenters. The molecule has 0 aliphatic rings. The summed E-state index contributed by atoms with van der Waals surface area (Å²) in [5.41, 5.74) is 1.11.